The van der Waals surface area contributed by atoms with Gasteiger partial charge in [0, 0.05) is 112 Å². The number of terminal acetylenes is 1. The van der Waals surface area contributed by atoms with Gasteiger partial charge in [-0.3, -0.25) is 9.78 Å². The second-order valence-electron chi connectivity index (χ2n) is 31.4. The third kappa shape index (κ3) is 26.3. The highest BCUT2D eigenvalue weighted by Gasteiger charge is 2.23. The number of aromatic nitrogens is 2. The van der Waals surface area contributed by atoms with Crippen molar-refractivity contribution in [2.45, 2.75) is 174 Å². The molecule has 22 rings (SSSR count). The number of carbonyl (C=O) groups excluding carboxylic acids is 1. The number of para-hydroxylation sites is 3. The molecule has 2 unspecified atom stereocenters. The molecule has 1 amide bonds. The second-order valence-corrected chi connectivity index (χ2v) is 31.4. The molecule has 0 bridgehead atoms. The molecular formula is C102H124N12O2. The van der Waals surface area contributed by atoms with Crippen LogP contribution in [0.25, 0.3) is 0 Å². The summed E-state index contributed by atoms with van der Waals surface area (Å²) in [7, 11) is 3.52. The highest BCUT2D eigenvalue weighted by atomic mass is 16.5. The van der Waals surface area contributed by atoms with E-state index in [0.717, 1.165) is 133 Å². The van der Waals surface area contributed by atoms with Crippen LogP contribution in [0.4, 0.5) is 17.1 Å². The number of nitrogens with zero attached hydrogens (tertiary/aromatic N) is 2. The predicted molar refractivity (Wildman–Crippen MR) is 482 cm³/mol. The van der Waals surface area contributed by atoms with Crippen molar-refractivity contribution in [2.24, 2.45) is 0 Å². The SMILES string of the molecule is C#Cc1ccc2c(c1)CNCC2.CC1Cc2ccccc2CN1.CC1Cc2ccccc2N1.CN1C(=O)Cc2ccccc21.COc1ccc2c(c1)CNCC2.c1cc2c([nH]1)CCCC2.c1ccc2c(c1)CCCN2.c1ccc2c(c1)CCCNC2.c1ccc2c(c1)CCNCC2.c1ccc2c(c1)CNC2.c1cnc2c(c1)CCNC2. The van der Waals surface area contributed by atoms with Gasteiger partial charge in [0.2, 0.25) is 5.91 Å². The molecule has 116 heavy (non-hydrogen) atoms. The number of ether oxygens (including phenoxy) is 1. The van der Waals surface area contributed by atoms with Crippen LogP contribution in [0.2, 0.25) is 0 Å². The molecule has 2 aromatic heterocycles. The molecule has 12 heterocycles. The average molecular weight is 1550 g/mol. The first kappa shape index (κ1) is 84.9. The topological polar surface area (TPSA) is 166 Å². The van der Waals surface area contributed by atoms with Gasteiger partial charge in [0.25, 0.3) is 0 Å². The first-order valence-corrected chi connectivity index (χ1v) is 42.7. The molecule has 2 atom stereocenters. The van der Waals surface area contributed by atoms with Crippen LogP contribution in [0, 0.1) is 12.3 Å². The summed E-state index contributed by atoms with van der Waals surface area (Å²) >= 11 is 0. The zero-order chi connectivity index (χ0) is 80.1. The van der Waals surface area contributed by atoms with Gasteiger partial charge in [0.1, 0.15) is 5.75 Å². The highest BCUT2D eigenvalue weighted by molar-refractivity contribution is 6.00. The van der Waals surface area contributed by atoms with Crippen molar-refractivity contribution in [3.63, 3.8) is 0 Å². The maximum Gasteiger partial charge on any atom is 0.231 e. The smallest absolute Gasteiger partial charge is 0.231 e. The molecule has 1 aliphatic carbocycles. The standard InChI is InChI=1S/C11H11N.C10H13NO.3C10H13N.C9H9NO.2C9H11N.C8H10N2.C8H9N.C8H11N/c1-2-9-3-4-10-5-6-12-8-11(10)7-9;1-12-10-3-2-8-4-5-11-7-9(8)6-10;1-8-6-9-4-2-3-5-10(9)7-11-8;1-2-5-10-8-11-7-3-6-9(10)4-1;1-2-4-10-6-8-11-7-5-9(10)3-1;1-10-8-5-3-2-4-7(8)6-9(10)11;1-7-6-8-4-2-3-5-9(8)10-7;1-2-6-9-8(4-1)5-3-7-10-9;1-2-7-3-5-9-6-8(7)10-4-1;1-2-4-8-6-9-5-7(8)3-1;1-2-4-8-7(3-1)5-6-9-8/h1,3-4,7,12H,5-6,8H2;2-3,6,11H,4-5,7H2,1H3;2-5,8,11H,6-7H2,1H3;1-2,4-5,11H,3,6-8H2;1-4,11H,5-8H2;2-5H,6H2,1H3;2-5,7,10H,6H2,1H3;1-2,4,6,10H,3,5,7H2;1-2,4,9H,3,5-6H2;1-4,9H,5-6H2;5-6,9H,1-4H2. The molecule has 14 heteroatoms. The number of H-pyrrole nitrogens is 1. The van der Waals surface area contributed by atoms with E-state index in [-0.39, 0.29) is 5.91 Å². The minimum Gasteiger partial charge on any atom is -0.497 e. The number of aromatic amines is 1. The number of methoxy groups -OCH3 is 1. The van der Waals surface area contributed by atoms with E-state index in [1.54, 1.807) is 17.6 Å². The number of fused-ring (bicyclic) bond motifs is 11. The van der Waals surface area contributed by atoms with Crippen molar-refractivity contribution in [2.75, 3.05) is 75.5 Å². The molecule has 10 aliphatic heterocycles. The lowest BCUT2D eigenvalue weighted by Gasteiger charge is -2.22. The quantitative estimate of drug-likeness (QED) is 0.0708. The number of rotatable bonds is 1. The van der Waals surface area contributed by atoms with Crippen LogP contribution in [0.1, 0.15) is 151 Å². The molecule has 11 aromatic rings. The van der Waals surface area contributed by atoms with Crippen molar-refractivity contribution in [3.8, 4) is 18.1 Å². The second kappa shape index (κ2) is 46.3. The summed E-state index contributed by atoms with van der Waals surface area (Å²) in [4.78, 5) is 20.4. The van der Waals surface area contributed by atoms with E-state index < -0.39 is 0 Å². The summed E-state index contributed by atoms with van der Waals surface area (Å²) in [6.07, 6.45) is 28.2. The van der Waals surface area contributed by atoms with Crippen molar-refractivity contribution in [1.29, 1.82) is 0 Å². The fourth-order valence-corrected chi connectivity index (χ4v) is 16.3. The number of carbonyl (C=O) groups is 1. The fraction of sp³-hybridized carbons (Fsp3) is 0.353. The first-order chi connectivity index (χ1) is 57.1. The average Bonchev–Trinajstić information content (AvgIpc) is 1.66. The number of likely N-dealkylation sites (N-methyl/N-ethyl adjacent to an activating group) is 1. The van der Waals surface area contributed by atoms with E-state index in [1.807, 2.05) is 55.7 Å². The molecule has 10 N–H and O–H groups in total. The van der Waals surface area contributed by atoms with E-state index in [1.165, 1.54) is 183 Å². The molecular weight excluding hydrogens is 1430 g/mol. The van der Waals surface area contributed by atoms with E-state index in [0.29, 0.717) is 18.5 Å². The summed E-state index contributed by atoms with van der Waals surface area (Å²) in [5.74, 6) is 3.79. The number of nitrogens with one attached hydrogen (secondary N) is 10. The Hall–Kier alpha value is -10.4. The highest BCUT2D eigenvalue weighted by Crippen LogP contribution is 2.29. The van der Waals surface area contributed by atoms with Gasteiger partial charge in [-0.1, -0.05) is 176 Å². The predicted octanol–water partition coefficient (Wildman–Crippen LogP) is 16.7. The van der Waals surface area contributed by atoms with Gasteiger partial charge in [-0.15, -0.1) is 6.42 Å². The Balaban J connectivity index is 0.000000118. The van der Waals surface area contributed by atoms with Crippen LogP contribution in [-0.2, 0) is 128 Å². The van der Waals surface area contributed by atoms with Crippen LogP contribution in [-0.4, -0.2) is 87.9 Å². The number of benzene rings is 9. The zero-order valence-electron chi connectivity index (χ0n) is 69.2. The summed E-state index contributed by atoms with van der Waals surface area (Å²) in [5, 5.41) is 30.2. The Morgan fingerprint density at radius 1 is 0.397 bits per heavy atom. The van der Waals surface area contributed by atoms with Gasteiger partial charge in [-0.05, 0) is 299 Å². The van der Waals surface area contributed by atoms with E-state index in [4.69, 9.17) is 11.2 Å². The Morgan fingerprint density at radius 2 is 0.879 bits per heavy atom. The maximum absolute atomic E-state index is 11.2. The van der Waals surface area contributed by atoms with Crippen LogP contribution in [0.5, 0.6) is 5.75 Å². The van der Waals surface area contributed by atoms with Gasteiger partial charge in [-0.25, -0.2) is 0 Å². The molecule has 0 fully saturated rings. The molecule has 0 saturated heterocycles. The number of amides is 1. The maximum atomic E-state index is 11.2. The lowest BCUT2D eigenvalue weighted by molar-refractivity contribution is -0.117. The number of hydrogen-bond donors (Lipinski definition) is 10. The van der Waals surface area contributed by atoms with Crippen molar-refractivity contribution in [1.82, 2.24) is 47.2 Å². The van der Waals surface area contributed by atoms with Gasteiger partial charge in [-0.2, -0.15) is 0 Å². The molecule has 14 nitrogen and oxygen atoms in total. The molecule has 0 saturated carbocycles. The number of pyridine rings is 1. The molecule has 0 spiro atoms. The molecule has 604 valence electrons. The van der Waals surface area contributed by atoms with Crippen LogP contribution >= 0.6 is 0 Å². The lowest BCUT2D eigenvalue weighted by atomic mass is 9.97. The Kier molecular flexibility index (Phi) is 33.9. The number of anilines is 3. The number of aryl methyl sites for hydroxylation is 4. The third-order valence-electron chi connectivity index (χ3n) is 23.0. The molecule has 9 aromatic carbocycles. The number of hydrogen-bond acceptors (Lipinski definition) is 12. The van der Waals surface area contributed by atoms with E-state index in [2.05, 4.69) is 266 Å². The van der Waals surface area contributed by atoms with Gasteiger partial charge in [0.05, 0.1) is 19.2 Å². The summed E-state index contributed by atoms with van der Waals surface area (Å²) in [6.45, 7) is 19.4. The van der Waals surface area contributed by atoms with Crippen molar-refractivity contribution < 1.29 is 9.53 Å². The monoisotopic (exact) mass is 1550 g/mol. The van der Waals surface area contributed by atoms with Crippen LogP contribution in [0.15, 0.2) is 237 Å². The summed E-state index contributed by atoms with van der Waals surface area (Å²) in [6, 6.07) is 79.7. The molecule has 11 aliphatic rings. The Bertz CT molecular complexity index is 4600. The third-order valence-corrected chi connectivity index (χ3v) is 23.0. The zero-order valence-corrected chi connectivity index (χ0v) is 69.2. The fourth-order valence-electron chi connectivity index (χ4n) is 16.3. The van der Waals surface area contributed by atoms with Crippen molar-refractivity contribution >= 4 is 23.0 Å². The van der Waals surface area contributed by atoms with Gasteiger partial charge in [0.15, 0.2) is 0 Å². The van der Waals surface area contributed by atoms with Crippen LogP contribution in [0.3, 0.4) is 0 Å². The van der Waals surface area contributed by atoms with Gasteiger partial charge < -0.3 is 62.5 Å². The summed E-state index contributed by atoms with van der Waals surface area (Å²) in [5.41, 5.74) is 31.9. The first-order valence-electron chi connectivity index (χ1n) is 42.7. The van der Waals surface area contributed by atoms with Crippen LogP contribution < -0.4 is 57.5 Å². The minimum atomic E-state index is 0.186. The summed E-state index contributed by atoms with van der Waals surface area (Å²) < 4.78 is 5.15. The Morgan fingerprint density at radius 3 is 1.53 bits per heavy atom. The minimum absolute atomic E-state index is 0.186. The van der Waals surface area contributed by atoms with Gasteiger partial charge >= 0.3 is 0 Å². The lowest BCUT2D eigenvalue weighted by Crippen LogP contribution is -2.32. The van der Waals surface area contributed by atoms with Crippen molar-refractivity contribution in [3.05, 3.63) is 348 Å². The largest absolute Gasteiger partial charge is 0.497 e. The van der Waals surface area contributed by atoms with E-state index >= 15 is 0 Å². The van der Waals surface area contributed by atoms with E-state index in [9.17, 15) is 4.79 Å². The normalized spacial score (nSPS) is 17.2. The Labute approximate surface area is 692 Å². The molecule has 0 radical (unpaired) electrons.